The number of esters is 1. The molecule has 1 atom stereocenters. The van der Waals surface area contributed by atoms with Crippen LogP contribution < -0.4 is 14.9 Å². The molecule has 0 saturated carbocycles. The van der Waals surface area contributed by atoms with Crippen LogP contribution in [-0.2, 0) is 16.1 Å². The lowest BCUT2D eigenvalue weighted by molar-refractivity contribution is -0.147. The van der Waals surface area contributed by atoms with Crippen molar-refractivity contribution in [3.63, 3.8) is 0 Å². The first kappa shape index (κ1) is 29.6. The van der Waals surface area contributed by atoms with E-state index in [1.165, 1.54) is 13.3 Å². The van der Waals surface area contributed by atoms with Crippen molar-refractivity contribution in [3.05, 3.63) is 96.3 Å². The van der Waals surface area contributed by atoms with Gasteiger partial charge in [-0.15, -0.1) is 0 Å². The van der Waals surface area contributed by atoms with E-state index >= 15 is 0 Å². The molecule has 9 nitrogen and oxygen atoms in total. The molecule has 0 bridgehead atoms. The third kappa shape index (κ3) is 7.24. The van der Waals surface area contributed by atoms with E-state index in [1.54, 1.807) is 19.1 Å². The van der Waals surface area contributed by atoms with E-state index in [2.05, 4.69) is 86.3 Å². The first-order chi connectivity index (χ1) is 19.2. The lowest BCUT2D eigenvalue weighted by Gasteiger charge is -2.15. The average molecular weight is 767 g/mol. The van der Waals surface area contributed by atoms with Crippen molar-refractivity contribution < 1.29 is 28.2 Å². The minimum absolute atomic E-state index is 0.120. The van der Waals surface area contributed by atoms with Crippen LogP contribution in [0.3, 0.4) is 0 Å². The van der Waals surface area contributed by atoms with Crippen LogP contribution >= 0.6 is 45.2 Å². The average Bonchev–Trinajstić information content (AvgIpc) is 3.55. The molecule has 0 saturated heterocycles. The number of hydrogen-bond donors (Lipinski definition) is 1. The highest BCUT2D eigenvalue weighted by Gasteiger charge is 2.18. The predicted molar refractivity (Wildman–Crippen MR) is 167 cm³/mol. The quantitative estimate of drug-likeness (QED) is 0.0896. The maximum atomic E-state index is 12.5. The minimum Gasteiger partial charge on any atom is -0.486 e. The Morgan fingerprint density at radius 2 is 1.68 bits per heavy atom. The van der Waals surface area contributed by atoms with Gasteiger partial charge in [-0.2, -0.15) is 5.10 Å². The lowest BCUT2D eigenvalue weighted by Crippen LogP contribution is -2.25. The SMILES string of the molecule is COC(=O)[C@H](C)Oc1c(I)cc(/C=N/NC(=O)c2ccc(COc3ccc(-n4c(C)ccc4C)cc3)o2)cc1I. The van der Waals surface area contributed by atoms with E-state index < -0.39 is 18.0 Å². The van der Waals surface area contributed by atoms with E-state index in [0.717, 1.165) is 29.8 Å². The summed E-state index contributed by atoms with van der Waals surface area (Å²) >= 11 is 4.23. The topological polar surface area (TPSA) is 104 Å². The number of ether oxygens (including phenoxy) is 3. The van der Waals surface area contributed by atoms with Crippen LogP contribution in [0.15, 0.2) is 70.2 Å². The van der Waals surface area contributed by atoms with Crippen LogP contribution in [-0.4, -0.2) is 35.9 Å². The largest absolute Gasteiger partial charge is 0.486 e. The maximum Gasteiger partial charge on any atom is 0.346 e. The molecule has 0 aliphatic rings. The molecule has 11 heteroatoms. The third-order valence-electron chi connectivity index (χ3n) is 5.86. The molecule has 0 fully saturated rings. The Labute approximate surface area is 259 Å². The van der Waals surface area contributed by atoms with E-state index in [4.69, 9.17) is 18.6 Å². The van der Waals surface area contributed by atoms with Crippen LogP contribution in [0.5, 0.6) is 11.5 Å². The zero-order valence-electron chi connectivity index (χ0n) is 22.2. The van der Waals surface area contributed by atoms with Gasteiger partial charge in [-0.25, -0.2) is 10.2 Å². The van der Waals surface area contributed by atoms with E-state index in [1.807, 2.05) is 36.4 Å². The number of carbonyl (C=O) groups excluding carboxylic acids is 2. The van der Waals surface area contributed by atoms with Gasteiger partial charge in [0, 0.05) is 17.1 Å². The summed E-state index contributed by atoms with van der Waals surface area (Å²) in [5, 5.41) is 4.04. The monoisotopic (exact) mass is 767 g/mol. The number of amides is 1. The smallest absolute Gasteiger partial charge is 0.346 e. The number of aryl methyl sites for hydroxylation is 2. The number of nitrogens with zero attached hydrogens (tertiary/aromatic N) is 2. The van der Waals surface area contributed by atoms with Crippen molar-refractivity contribution in [1.82, 2.24) is 9.99 Å². The number of carbonyl (C=O) groups is 2. The zero-order chi connectivity index (χ0) is 28.8. The Balaban J connectivity index is 1.30. The molecule has 40 heavy (non-hydrogen) atoms. The number of halogens is 2. The predicted octanol–water partition coefficient (Wildman–Crippen LogP) is 6.18. The summed E-state index contributed by atoms with van der Waals surface area (Å²) in [5.41, 5.74) is 6.60. The second-order valence-electron chi connectivity index (χ2n) is 8.80. The first-order valence-corrected chi connectivity index (χ1v) is 14.4. The molecular formula is C29H27I2N3O6. The molecule has 4 aromatic rings. The van der Waals surface area contributed by atoms with Crippen molar-refractivity contribution in [3.8, 4) is 17.2 Å². The van der Waals surface area contributed by atoms with Gasteiger partial charge in [0.1, 0.15) is 23.9 Å². The molecule has 1 amide bonds. The van der Waals surface area contributed by atoms with Gasteiger partial charge in [0.05, 0.1) is 20.5 Å². The Bertz CT molecular complexity index is 1500. The van der Waals surface area contributed by atoms with E-state index in [0.29, 0.717) is 17.3 Å². The van der Waals surface area contributed by atoms with Gasteiger partial charge in [0.15, 0.2) is 11.9 Å². The Kier molecular flexibility index (Phi) is 9.90. The van der Waals surface area contributed by atoms with Crippen LogP contribution in [0.1, 0.15) is 40.2 Å². The van der Waals surface area contributed by atoms with Gasteiger partial charge in [-0.05, 0) is 132 Å². The summed E-state index contributed by atoms with van der Waals surface area (Å²) in [6, 6.07) is 18.9. The van der Waals surface area contributed by atoms with Crippen molar-refractivity contribution in [2.45, 2.75) is 33.5 Å². The van der Waals surface area contributed by atoms with E-state index in [-0.39, 0.29) is 12.4 Å². The lowest BCUT2D eigenvalue weighted by atomic mass is 10.2. The molecule has 0 aliphatic heterocycles. The van der Waals surface area contributed by atoms with Crippen LogP contribution in [0.25, 0.3) is 5.69 Å². The molecule has 208 valence electrons. The van der Waals surface area contributed by atoms with Crippen LogP contribution in [0.2, 0.25) is 0 Å². The minimum atomic E-state index is -0.737. The zero-order valence-corrected chi connectivity index (χ0v) is 26.6. The first-order valence-electron chi connectivity index (χ1n) is 12.2. The fourth-order valence-corrected chi connectivity index (χ4v) is 5.95. The molecule has 0 radical (unpaired) electrons. The highest BCUT2D eigenvalue weighted by atomic mass is 127. The molecular weight excluding hydrogens is 740 g/mol. The summed E-state index contributed by atoms with van der Waals surface area (Å²) in [7, 11) is 1.32. The summed E-state index contributed by atoms with van der Waals surface area (Å²) in [4.78, 5) is 24.2. The van der Waals surface area contributed by atoms with Gasteiger partial charge < -0.3 is 23.2 Å². The van der Waals surface area contributed by atoms with E-state index in [9.17, 15) is 9.59 Å². The Morgan fingerprint density at radius 1 is 1.02 bits per heavy atom. The van der Waals surface area contributed by atoms with Gasteiger partial charge in [0.25, 0.3) is 0 Å². The molecule has 0 aliphatic carbocycles. The number of methoxy groups -OCH3 is 1. The number of hydrogen-bond acceptors (Lipinski definition) is 7. The number of nitrogens with one attached hydrogen (secondary N) is 1. The van der Waals surface area contributed by atoms with Crippen molar-refractivity contribution in [2.75, 3.05) is 7.11 Å². The van der Waals surface area contributed by atoms with Crippen LogP contribution in [0, 0.1) is 21.0 Å². The normalized spacial score (nSPS) is 11.8. The molecule has 1 N–H and O–H groups in total. The number of benzene rings is 2. The van der Waals surface area contributed by atoms with Gasteiger partial charge in [-0.3, -0.25) is 4.79 Å². The molecule has 0 unspecified atom stereocenters. The second-order valence-corrected chi connectivity index (χ2v) is 11.1. The molecule has 4 rings (SSSR count). The van der Waals surface area contributed by atoms with Gasteiger partial charge in [0.2, 0.25) is 0 Å². The third-order valence-corrected chi connectivity index (χ3v) is 7.46. The molecule has 2 heterocycles. The highest BCUT2D eigenvalue weighted by molar-refractivity contribution is 14.1. The van der Waals surface area contributed by atoms with Crippen molar-refractivity contribution in [2.24, 2.45) is 5.10 Å². The fraction of sp³-hybridized carbons (Fsp3) is 0.207. The summed E-state index contributed by atoms with van der Waals surface area (Å²) < 4.78 is 25.7. The summed E-state index contributed by atoms with van der Waals surface area (Å²) in [5.74, 6) is 0.956. The number of hydrazone groups is 1. The standard InChI is InChI=1S/C29H27I2N3O6/c1-17-5-6-18(2)34(17)21-7-9-22(10-8-21)38-16-23-11-12-26(40-23)28(35)33-32-15-20-13-24(30)27(25(31)14-20)39-19(3)29(36)37-4/h5-15,19H,16H2,1-4H3,(H,33,35)/b32-15+/t19-/m0/s1. The molecule has 2 aromatic heterocycles. The maximum absolute atomic E-state index is 12.5. The van der Waals surface area contributed by atoms with Gasteiger partial charge >= 0.3 is 11.9 Å². The Hall–Kier alpha value is -3.33. The van der Waals surface area contributed by atoms with Crippen LogP contribution in [0.4, 0.5) is 0 Å². The van der Waals surface area contributed by atoms with Crippen molar-refractivity contribution in [1.29, 1.82) is 0 Å². The van der Waals surface area contributed by atoms with Crippen molar-refractivity contribution >= 4 is 63.3 Å². The van der Waals surface area contributed by atoms with Gasteiger partial charge in [-0.1, -0.05) is 0 Å². The number of rotatable bonds is 10. The summed E-state index contributed by atoms with van der Waals surface area (Å²) in [6.45, 7) is 5.94. The summed E-state index contributed by atoms with van der Waals surface area (Å²) in [6.07, 6.45) is 0.780. The molecule has 0 spiro atoms. The number of aromatic nitrogens is 1. The Morgan fingerprint density at radius 3 is 2.30 bits per heavy atom. The second kappa shape index (κ2) is 13.4. The fourth-order valence-electron chi connectivity index (χ4n) is 3.88. The highest BCUT2D eigenvalue weighted by Crippen LogP contribution is 2.29. The number of furan rings is 1. The molecule has 2 aromatic carbocycles.